The van der Waals surface area contributed by atoms with Gasteiger partial charge >= 0.3 is 0 Å². The van der Waals surface area contributed by atoms with E-state index in [1.54, 1.807) is 0 Å². The smallest absolute Gasteiger partial charge is 0.0524 e. The van der Waals surface area contributed by atoms with Crippen LogP contribution in [0.25, 0.3) is 0 Å². The largest absolute Gasteiger partial charge is 0.396 e. The number of aromatic nitrogens is 2. The number of aryl methyl sites for hydroxylation is 1. The van der Waals surface area contributed by atoms with Crippen LogP contribution in [0.15, 0.2) is 12.4 Å². The number of nitrogens with zero attached hydrogens (tertiary/aromatic N) is 2. The van der Waals surface area contributed by atoms with E-state index in [0.29, 0.717) is 18.4 Å². The van der Waals surface area contributed by atoms with Crippen molar-refractivity contribution in [3.63, 3.8) is 0 Å². The van der Waals surface area contributed by atoms with E-state index in [0.717, 1.165) is 6.42 Å². The fraction of sp³-hybridized carbons (Fsp3) is 0.625. The molecule has 1 saturated carbocycles. The molecule has 3 heteroatoms. The first kappa shape index (κ1) is 6.85. The Labute approximate surface area is 65.7 Å². The molecule has 0 radical (unpaired) electrons. The summed E-state index contributed by atoms with van der Waals surface area (Å²) in [7, 11) is 1.92. The summed E-state index contributed by atoms with van der Waals surface area (Å²) in [5, 5.41) is 12.9. The van der Waals surface area contributed by atoms with Crippen LogP contribution in [0.2, 0.25) is 0 Å². The topological polar surface area (TPSA) is 38.0 Å². The molecule has 0 saturated heterocycles. The van der Waals surface area contributed by atoms with E-state index < -0.39 is 0 Å². The van der Waals surface area contributed by atoms with Crippen LogP contribution in [0.5, 0.6) is 0 Å². The van der Waals surface area contributed by atoms with Crippen molar-refractivity contribution in [1.29, 1.82) is 0 Å². The van der Waals surface area contributed by atoms with Crippen LogP contribution in [0.4, 0.5) is 0 Å². The molecule has 0 spiro atoms. The van der Waals surface area contributed by atoms with Crippen LogP contribution in [-0.4, -0.2) is 21.5 Å². The van der Waals surface area contributed by atoms with E-state index in [4.69, 9.17) is 5.11 Å². The molecular formula is C8H12N2O. The lowest BCUT2D eigenvalue weighted by molar-refractivity contribution is 0.274. The Balaban J connectivity index is 2.08. The van der Waals surface area contributed by atoms with Gasteiger partial charge in [0.25, 0.3) is 0 Å². The molecule has 0 bridgehead atoms. The van der Waals surface area contributed by atoms with Crippen molar-refractivity contribution in [2.24, 2.45) is 13.0 Å². The third-order valence-electron chi connectivity index (χ3n) is 2.31. The number of aliphatic hydroxyl groups excluding tert-OH is 1. The minimum absolute atomic E-state index is 0.319. The quantitative estimate of drug-likeness (QED) is 0.670. The predicted molar refractivity (Wildman–Crippen MR) is 41.1 cm³/mol. The van der Waals surface area contributed by atoms with Crippen molar-refractivity contribution >= 4 is 0 Å². The maximum Gasteiger partial charge on any atom is 0.0524 e. The first-order valence-corrected chi connectivity index (χ1v) is 3.90. The van der Waals surface area contributed by atoms with Crippen LogP contribution in [0, 0.1) is 5.92 Å². The second kappa shape index (κ2) is 2.34. The highest BCUT2D eigenvalue weighted by molar-refractivity contribution is 5.19. The molecule has 1 fully saturated rings. The van der Waals surface area contributed by atoms with E-state index in [9.17, 15) is 0 Å². The molecule has 0 aromatic carbocycles. The highest BCUT2D eigenvalue weighted by Gasteiger charge is 2.38. The monoisotopic (exact) mass is 152 g/mol. The molecule has 0 amide bonds. The van der Waals surface area contributed by atoms with E-state index in [1.165, 1.54) is 5.56 Å². The van der Waals surface area contributed by atoms with Gasteiger partial charge in [0.15, 0.2) is 0 Å². The maximum absolute atomic E-state index is 8.82. The number of hydrogen-bond acceptors (Lipinski definition) is 2. The van der Waals surface area contributed by atoms with Gasteiger partial charge in [-0.2, -0.15) is 5.10 Å². The first-order chi connectivity index (χ1) is 5.31. The molecule has 1 aliphatic carbocycles. The Morgan fingerprint density at radius 3 is 3.09 bits per heavy atom. The first-order valence-electron chi connectivity index (χ1n) is 3.90. The minimum atomic E-state index is 0.319. The zero-order valence-electron chi connectivity index (χ0n) is 6.57. The van der Waals surface area contributed by atoms with Gasteiger partial charge in [0, 0.05) is 19.9 Å². The molecule has 11 heavy (non-hydrogen) atoms. The second-order valence-corrected chi connectivity index (χ2v) is 3.23. The molecule has 1 aliphatic rings. The lowest BCUT2D eigenvalue weighted by Gasteiger charge is -1.89. The van der Waals surface area contributed by atoms with Gasteiger partial charge < -0.3 is 5.11 Å². The fourth-order valence-electron chi connectivity index (χ4n) is 1.49. The van der Waals surface area contributed by atoms with Gasteiger partial charge in [-0.05, 0) is 23.8 Å². The zero-order chi connectivity index (χ0) is 7.84. The average Bonchev–Trinajstić information content (AvgIpc) is 2.68. The van der Waals surface area contributed by atoms with Gasteiger partial charge in [0.1, 0.15) is 0 Å². The minimum Gasteiger partial charge on any atom is -0.396 e. The Morgan fingerprint density at radius 1 is 1.82 bits per heavy atom. The van der Waals surface area contributed by atoms with Crippen molar-refractivity contribution in [3.05, 3.63) is 18.0 Å². The van der Waals surface area contributed by atoms with E-state index in [1.807, 2.05) is 24.1 Å². The fourth-order valence-corrected chi connectivity index (χ4v) is 1.49. The van der Waals surface area contributed by atoms with Gasteiger partial charge in [0.05, 0.1) is 6.20 Å². The molecule has 0 aliphatic heterocycles. The highest BCUT2D eigenvalue weighted by atomic mass is 16.3. The molecule has 1 aromatic heterocycles. The Kier molecular flexibility index (Phi) is 1.46. The molecule has 1 aromatic rings. The number of rotatable bonds is 2. The van der Waals surface area contributed by atoms with Crippen LogP contribution in [0.1, 0.15) is 17.9 Å². The van der Waals surface area contributed by atoms with E-state index in [2.05, 4.69) is 5.10 Å². The highest BCUT2D eigenvalue weighted by Crippen LogP contribution is 2.46. The number of hydrogen-bond donors (Lipinski definition) is 1. The SMILES string of the molecule is Cn1cc(C2CC2CO)cn1. The molecule has 3 nitrogen and oxygen atoms in total. The molecule has 2 rings (SSSR count). The van der Waals surface area contributed by atoms with Crippen LogP contribution in [-0.2, 0) is 7.05 Å². The number of aliphatic hydroxyl groups is 1. The maximum atomic E-state index is 8.82. The van der Waals surface area contributed by atoms with E-state index in [-0.39, 0.29) is 0 Å². The summed E-state index contributed by atoms with van der Waals surface area (Å²) in [4.78, 5) is 0. The summed E-state index contributed by atoms with van der Waals surface area (Å²) >= 11 is 0. The third-order valence-corrected chi connectivity index (χ3v) is 2.31. The van der Waals surface area contributed by atoms with Gasteiger partial charge in [-0.1, -0.05) is 0 Å². The van der Waals surface area contributed by atoms with Crippen LogP contribution >= 0.6 is 0 Å². The summed E-state index contributed by atoms with van der Waals surface area (Å²) in [5.41, 5.74) is 1.27. The Bertz CT molecular complexity index is 256. The zero-order valence-corrected chi connectivity index (χ0v) is 6.57. The molecule has 1 N–H and O–H groups in total. The predicted octanol–water partition coefficient (Wildman–Crippen LogP) is 0.516. The van der Waals surface area contributed by atoms with Gasteiger partial charge in [-0.25, -0.2) is 0 Å². The van der Waals surface area contributed by atoms with Crippen LogP contribution in [0.3, 0.4) is 0 Å². The van der Waals surface area contributed by atoms with Crippen molar-refractivity contribution in [1.82, 2.24) is 9.78 Å². The molecule has 60 valence electrons. The Hall–Kier alpha value is -0.830. The lowest BCUT2D eigenvalue weighted by atomic mass is 10.2. The summed E-state index contributed by atoms with van der Waals surface area (Å²) in [6.45, 7) is 0.319. The summed E-state index contributed by atoms with van der Waals surface area (Å²) in [6.07, 6.45) is 5.04. The third kappa shape index (κ3) is 1.16. The standard InChI is InChI=1S/C8H12N2O/c1-10-4-7(3-9-10)8-2-6(8)5-11/h3-4,6,8,11H,2,5H2,1H3. The van der Waals surface area contributed by atoms with Crippen molar-refractivity contribution in [2.75, 3.05) is 6.61 Å². The summed E-state index contributed by atoms with van der Waals surface area (Å²) < 4.78 is 1.81. The summed E-state index contributed by atoms with van der Waals surface area (Å²) in [6, 6.07) is 0. The molecule has 1 heterocycles. The van der Waals surface area contributed by atoms with Crippen molar-refractivity contribution in [2.45, 2.75) is 12.3 Å². The second-order valence-electron chi connectivity index (χ2n) is 3.23. The van der Waals surface area contributed by atoms with Gasteiger partial charge in [-0.15, -0.1) is 0 Å². The van der Waals surface area contributed by atoms with Gasteiger partial charge in [0.2, 0.25) is 0 Å². The average molecular weight is 152 g/mol. The van der Waals surface area contributed by atoms with Crippen molar-refractivity contribution < 1.29 is 5.11 Å². The normalized spacial score (nSPS) is 28.9. The lowest BCUT2D eigenvalue weighted by Crippen LogP contribution is -1.87. The molecular weight excluding hydrogens is 140 g/mol. The molecule has 2 unspecified atom stereocenters. The van der Waals surface area contributed by atoms with Crippen LogP contribution < -0.4 is 0 Å². The van der Waals surface area contributed by atoms with Gasteiger partial charge in [-0.3, -0.25) is 4.68 Å². The van der Waals surface area contributed by atoms with E-state index >= 15 is 0 Å². The Morgan fingerprint density at radius 2 is 2.64 bits per heavy atom. The van der Waals surface area contributed by atoms with Crippen molar-refractivity contribution in [3.8, 4) is 0 Å². The molecule has 2 atom stereocenters. The summed E-state index contributed by atoms with van der Waals surface area (Å²) in [5.74, 6) is 1.08.